The first kappa shape index (κ1) is 18.0. The van der Waals surface area contributed by atoms with Gasteiger partial charge in [-0.15, -0.1) is 0 Å². The van der Waals surface area contributed by atoms with Crippen molar-refractivity contribution < 1.29 is 12.8 Å². The van der Waals surface area contributed by atoms with Crippen LogP contribution in [0.25, 0.3) is 0 Å². The van der Waals surface area contributed by atoms with E-state index in [9.17, 15) is 12.8 Å². The molecule has 0 aliphatic heterocycles. The maximum atomic E-state index is 13.1. The van der Waals surface area contributed by atoms with Gasteiger partial charge in [-0.2, -0.15) is 0 Å². The number of hydrogen-bond acceptors (Lipinski definition) is 2. The molecule has 0 unspecified atom stereocenters. The zero-order valence-corrected chi connectivity index (χ0v) is 15.2. The van der Waals surface area contributed by atoms with Crippen LogP contribution in [0.15, 0.2) is 41.3 Å². The van der Waals surface area contributed by atoms with Crippen LogP contribution in [0.3, 0.4) is 0 Å². The van der Waals surface area contributed by atoms with Crippen LogP contribution in [0.4, 0.5) is 10.1 Å². The van der Waals surface area contributed by atoms with Crippen molar-refractivity contribution in [2.24, 2.45) is 0 Å². The van der Waals surface area contributed by atoms with Crippen LogP contribution in [0.2, 0.25) is 10.0 Å². The minimum Gasteiger partial charge on any atom is -0.278 e. The Morgan fingerprint density at radius 2 is 1.65 bits per heavy atom. The summed E-state index contributed by atoms with van der Waals surface area (Å²) >= 11 is 12.0. The van der Waals surface area contributed by atoms with Gasteiger partial charge < -0.3 is 0 Å². The molecule has 0 radical (unpaired) electrons. The van der Waals surface area contributed by atoms with E-state index in [2.05, 4.69) is 4.72 Å². The van der Waals surface area contributed by atoms with Crippen LogP contribution < -0.4 is 4.72 Å². The molecule has 0 saturated heterocycles. The highest BCUT2D eigenvalue weighted by Crippen LogP contribution is 2.32. The molecule has 2 aromatic carbocycles. The molecule has 1 N–H and O–H groups in total. The summed E-state index contributed by atoms with van der Waals surface area (Å²) in [5, 5.41) is 0.0826. The standard InChI is InChI=1S/C16H16Cl2FNO2S/c1-16(2,3)10-4-6-14(12(17)8-10)20-23(21,22)15-7-5-11(19)9-13(15)18/h4-9,20H,1-3H3. The summed E-state index contributed by atoms with van der Waals surface area (Å²) in [6.45, 7) is 6.09. The number of sulfonamides is 1. The van der Waals surface area contributed by atoms with Crippen LogP contribution in [0.1, 0.15) is 26.3 Å². The molecule has 0 amide bonds. The van der Waals surface area contributed by atoms with Crippen molar-refractivity contribution in [1.29, 1.82) is 0 Å². The average molecular weight is 376 g/mol. The van der Waals surface area contributed by atoms with E-state index < -0.39 is 15.8 Å². The first-order valence-corrected chi connectivity index (χ1v) is 9.02. The Morgan fingerprint density at radius 3 is 2.17 bits per heavy atom. The van der Waals surface area contributed by atoms with Gasteiger partial charge in [0, 0.05) is 0 Å². The second-order valence-corrected chi connectivity index (χ2v) is 8.59. The first-order chi connectivity index (χ1) is 10.5. The molecule has 0 bridgehead atoms. The van der Waals surface area contributed by atoms with Crippen molar-refractivity contribution in [2.45, 2.75) is 31.1 Å². The first-order valence-electron chi connectivity index (χ1n) is 6.78. The lowest BCUT2D eigenvalue weighted by atomic mass is 9.87. The van der Waals surface area contributed by atoms with Crippen molar-refractivity contribution in [2.75, 3.05) is 4.72 Å². The van der Waals surface area contributed by atoms with Crippen LogP contribution in [0, 0.1) is 5.82 Å². The van der Waals surface area contributed by atoms with Gasteiger partial charge in [0.05, 0.1) is 15.7 Å². The number of nitrogens with one attached hydrogen (secondary N) is 1. The topological polar surface area (TPSA) is 46.2 Å². The highest BCUT2D eigenvalue weighted by Gasteiger charge is 2.21. The van der Waals surface area contributed by atoms with Crippen LogP contribution in [-0.2, 0) is 15.4 Å². The van der Waals surface area contributed by atoms with E-state index in [0.717, 1.165) is 23.8 Å². The van der Waals surface area contributed by atoms with Gasteiger partial charge in [0.25, 0.3) is 10.0 Å². The second-order valence-electron chi connectivity index (χ2n) is 6.12. The largest absolute Gasteiger partial charge is 0.278 e. The third-order valence-corrected chi connectivity index (χ3v) is 5.42. The smallest absolute Gasteiger partial charge is 0.263 e. The Bertz CT molecular complexity index is 846. The summed E-state index contributed by atoms with van der Waals surface area (Å²) in [7, 11) is -3.96. The Labute approximate surface area is 145 Å². The minimum absolute atomic E-state index is 0.110. The summed E-state index contributed by atoms with van der Waals surface area (Å²) in [5.41, 5.74) is 1.10. The summed E-state index contributed by atoms with van der Waals surface area (Å²) in [6.07, 6.45) is 0. The molecule has 23 heavy (non-hydrogen) atoms. The zero-order chi connectivity index (χ0) is 17.4. The van der Waals surface area contributed by atoms with Gasteiger partial charge in [-0.1, -0.05) is 50.0 Å². The molecule has 0 heterocycles. The normalized spacial score (nSPS) is 12.3. The Balaban J connectivity index is 2.38. The summed E-state index contributed by atoms with van der Waals surface area (Å²) in [6, 6.07) is 8.20. The molecule has 0 saturated carbocycles. The second kappa shape index (κ2) is 6.30. The third-order valence-electron chi connectivity index (χ3n) is 3.26. The maximum absolute atomic E-state index is 13.1. The lowest BCUT2D eigenvalue weighted by Crippen LogP contribution is -2.15. The number of rotatable bonds is 3. The lowest BCUT2D eigenvalue weighted by molar-refractivity contribution is 0.590. The van der Waals surface area contributed by atoms with E-state index in [4.69, 9.17) is 23.2 Å². The predicted molar refractivity (Wildman–Crippen MR) is 92.4 cm³/mol. The fraction of sp³-hybridized carbons (Fsp3) is 0.250. The van der Waals surface area contributed by atoms with Crippen molar-refractivity contribution in [3.8, 4) is 0 Å². The van der Waals surface area contributed by atoms with Crippen LogP contribution in [0.5, 0.6) is 0 Å². The molecule has 0 aliphatic rings. The van der Waals surface area contributed by atoms with Gasteiger partial charge >= 0.3 is 0 Å². The molecule has 3 nitrogen and oxygen atoms in total. The summed E-state index contributed by atoms with van der Waals surface area (Å²) in [4.78, 5) is -0.212. The monoisotopic (exact) mass is 375 g/mol. The van der Waals surface area contributed by atoms with Crippen molar-refractivity contribution in [1.82, 2.24) is 0 Å². The molecule has 2 rings (SSSR count). The van der Waals surface area contributed by atoms with E-state index in [1.165, 1.54) is 0 Å². The molecule has 124 valence electrons. The highest BCUT2D eigenvalue weighted by atomic mass is 35.5. The molecule has 0 spiro atoms. The zero-order valence-electron chi connectivity index (χ0n) is 12.8. The van der Waals surface area contributed by atoms with Gasteiger partial charge in [-0.25, -0.2) is 12.8 Å². The summed E-state index contributed by atoms with van der Waals surface area (Å²) in [5.74, 6) is -0.610. The molecule has 0 aliphatic carbocycles. The number of halogens is 3. The SMILES string of the molecule is CC(C)(C)c1ccc(NS(=O)(=O)c2ccc(F)cc2Cl)c(Cl)c1. The quantitative estimate of drug-likeness (QED) is 0.797. The molecule has 0 aromatic heterocycles. The van der Waals surface area contributed by atoms with Crippen molar-refractivity contribution in [3.05, 3.63) is 57.8 Å². The van der Waals surface area contributed by atoms with E-state index in [1.807, 2.05) is 20.8 Å². The van der Waals surface area contributed by atoms with E-state index in [0.29, 0.717) is 0 Å². The van der Waals surface area contributed by atoms with Gasteiger partial charge in [0.1, 0.15) is 10.7 Å². The van der Waals surface area contributed by atoms with E-state index in [1.54, 1.807) is 18.2 Å². The maximum Gasteiger partial charge on any atom is 0.263 e. The van der Waals surface area contributed by atoms with Crippen LogP contribution >= 0.6 is 23.2 Å². The fourth-order valence-corrected chi connectivity index (χ4v) is 3.85. The van der Waals surface area contributed by atoms with Crippen molar-refractivity contribution >= 4 is 38.9 Å². The molecular formula is C16H16Cl2FNO2S. The van der Waals surface area contributed by atoms with Crippen molar-refractivity contribution in [3.63, 3.8) is 0 Å². The Hall–Kier alpha value is -1.30. The van der Waals surface area contributed by atoms with Gasteiger partial charge in [-0.05, 0) is 41.3 Å². The average Bonchev–Trinajstić information content (AvgIpc) is 2.39. The van der Waals surface area contributed by atoms with E-state index in [-0.39, 0.29) is 26.0 Å². The highest BCUT2D eigenvalue weighted by molar-refractivity contribution is 7.92. The number of anilines is 1. The Kier molecular flexibility index (Phi) is 4.95. The third kappa shape index (κ3) is 4.16. The number of benzene rings is 2. The molecule has 7 heteroatoms. The fourth-order valence-electron chi connectivity index (χ4n) is 1.96. The molecule has 0 atom stereocenters. The minimum atomic E-state index is -3.96. The van der Waals surface area contributed by atoms with Crippen LogP contribution in [-0.4, -0.2) is 8.42 Å². The number of hydrogen-bond donors (Lipinski definition) is 1. The van der Waals surface area contributed by atoms with Gasteiger partial charge in [0.2, 0.25) is 0 Å². The molecule has 2 aromatic rings. The van der Waals surface area contributed by atoms with Gasteiger partial charge in [-0.3, -0.25) is 4.72 Å². The Morgan fingerprint density at radius 1 is 1.00 bits per heavy atom. The predicted octanol–water partition coefficient (Wildman–Crippen LogP) is 5.23. The lowest BCUT2D eigenvalue weighted by Gasteiger charge is -2.20. The molecule has 0 fully saturated rings. The molecular weight excluding hydrogens is 360 g/mol. The van der Waals surface area contributed by atoms with E-state index >= 15 is 0 Å². The van der Waals surface area contributed by atoms with Gasteiger partial charge in [0.15, 0.2) is 0 Å². The summed E-state index contributed by atoms with van der Waals surface area (Å²) < 4.78 is 40.2.